The standard InChI is InChI=1S/C9H10FN3O/c10-5-2-1-3-7-8(5)13-9(14)6(11)4-12-7/h1-3,6,12H,4,11H2,(H,13,14). The van der Waals surface area contributed by atoms with Gasteiger partial charge in [0.1, 0.15) is 17.5 Å². The largest absolute Gasteiger partial charge is 0.381 e. The highest BCUT2D eigenvalue weighted by Crippen LogP contribution is 2.26. The third kappa shape index (κ3) is 1.42. The van der Waals surface area contributed by atoms with Gasteiger partial charge < -0.3 is 16.4 Å². The molecule has 0 fully saturated rings. The number of para-hydroxylation sites is 1. The van der Waals surface area contributed by atoms with Crippen LogP contribution in [0, 0.1) is 5.82 Å². The lowest BCUT2D eigenvalue weighted by Gasteiger charge is -2.07. The molecular formula is C9H10FN3O. The summed E-state index contributed by atoms with van der Waals surface area (Å²) in [6, 6.07) is 3.90. The molecule has 1 aliphatic rings. The predicted molar refractivity (Wildman–Crippen MR) is 51.5 cm³/mol. The van der Waals surface area contributed by atoms with Crippen molar-refractivity contribution in [1.29, 1.82) is 0 Å². The molecule has 0 radical (unpaired) electrons. The van der Waals surface area contributed by atoms with Crippen LogP contribution in [0.15, 0.2) is 18.2 Å². The molecule has 0 aliphatic carbocycles. The Morgan fingerprint density at radius 2 is 2.29 bits per heavy atom. The Morgan fingerprint density at radius 1 is 1.50 bits per heavy atom. The molecule has 0 spiro atoms. The number of anilines is 2. The molecule has 2 rings (SSSR count). The Balaban J connectivity index is 2.43. The Kier molecular flexibility index (Phi) is 2.09. The summed E-state index contributed by atoms with van der Waals surface area (Å²) < 4.78 is 13.3. The number of hydrogen-bond acceptors (Lipinski definition) is 3. The van der Waals surface area contributed by atoms with E-state index >= 15 is 0 Å². The number of halogens is 1. The number of amides is 1. The lowest BCUT2D eigenvalue weighted by atomic mass is 10.2. The van der Waals surface area contributed by atoms with Crippen molar-refractivity contribution in [2.75, 3.05) is 17.2 Å². The number of hydrogen-bond donors (Lipinski definition) is 3. The van der Waals surface area contributed by atoms with E-state index < -0.39 is 11.9 Å². The van der Waals surface area contributed by atoms with E-state index in [0.29, 0.717) is 12.2 Å². The average molecular weight is 195 g/mol. The molecule has 1 aromatic rings. The van der Waals surface area contributed by atoms with Crippen molar-refractivity contribution in [1.82, 2.24) is 0 Å². The average Bonchev–Trinajstić information content (AvgIpc) is 2.30. The number of rotatable bonds is 0. The van der Waals surface area contributed by atoms with Crippen molar-refractivity contribution in [2.45, 2.75) is 6.04 Å². The molecule has 1 aromatic carbocycles. The van der Waals surface area contributed by atoms with E-state index in [2.05, 4.69) is 10.6 Å². The van der Waals surface area contributed by atoms with Gasteiger partial charge in [0, 0.05) is 6.54 Å². The second kappa shape index (κ2) is 3.26. The van der Waals surface area contributed by atoms with Crippen LogP contribution < -0.4 is 16.4 Å². The summed E-state index contributed by atoms with van der Waals surface area (Å²) in [5, 5.41) is 5.34. The fourth-order valence-electron chi connectivity index (χ4n) is 1.33. The molecule has 0 aromatic heterocycles. The minimum atomic E-state index is -0.651. The molecule has 4 N–H and O–H groups in total. The maximum atomic E-state index is 13.3. The zero-order chi connectivity index (χ0) is 10.1. The number of benzene rings is 1. The van der Waals surface area contributed by atoms with Crippen LogP contribution in [-0.2, 0) is 4.79 Å². The normalized spacial score (nSPS) is 20.4. The molecular weight excluding hydrogens is 185 g/mol. The molecule has 5 heteroatoms. The lowest BCUT2D eigenvalue weighted by molar-refractivity contribution is -0.117. The smallest absolute Gasteiger partial charge is 0.243 e. The van der Waals surface area contributed by atoms with Crippen LogP contribution in [-0.4, -0.2) is 18.5 Å². The Hall–Kier alpha value is -1.62. The molecule has 1 aliphatic heterocycles. The Labute approximate surface area is 80.3 Å². The molecule has 4 nitrogen and oxygen atoms in total. The van der Waals surface area contributed by atoms with Crippen LogP contribution >= 0.6 is 0 Å². The van der Waals surface area contributed by atoms with Crippen LogP contribution in [0.4, 0.5) is 15.8 Å². The summed E-state index contributed by atoms with van der Waals surface area (Å²) in [4.78, 5) is 11.3. The number of nitrogens with two attached hydrogens (primary N) is 1. The van der Waals surface area contributed by atoms with Gasteiger partial charge in [0.2, 0.25) is 5.91 Å². The van der Waals surface area contributed by atoms with Crippen molar-refractivity contribution in [3.05, 3.63) is 24.0 Å². The van der Waals surface area contributed by atoms with Gasteiger partial charge in [-0.3, -0.25) is 4.79 Å². The third-order valence-electron chi connectivity index (χ3n) is 2.11. The van der Waals surface area contributed by atoms with Crippen LogP contribution in [0.3, 0.4) is 0 Å². The number of fused-ring (bicyclic) bond motifs is 1. The minimum absolute atomic E-state index is 0.172. The van der Waals surface area contributed by atoms with E-state index in [1.165, 1.54) is 6.07 Å². The SMILES string of the molecule is NC1CNc2cccc(F)c2NC1=O. The van der Waals surface area contributed by atoms with Gasteiger partial charge in [0.15, 0.2) is 0 Å². The highest BCUT2D eigenvalue weighted by molar-refractivity contribution is 5.99. The first-order valence-corrected chi connectivity index (χ1v) is 4.27. The lowest BCUT2D eigenvalue weighted by Crippen LogP contribution is -2.39. The molecule has 0 saturated carbocycles. The number of nitrogens with one attached hydrogen (secondary N) is 2. The van der Waals surface area contributed by atoms with Gasteiger partial charge in [-0.05, 0) is 12.1 Å². The van der Waals surface area contributed by atoms with Crippen LogP contribution in [0.2, 0.25) is 0 Å². The van der Waals surface area contributed by atoms with Crippen LogP contribution in [0.5, 0.6) is 0 Å². The van der Waals surface area contributed by atoms with Crippen molar-refractivity contribution in [2.24, 2.45) is 5.73 Å². The quantitative estimate of drug-likeness (QED) is 0.565. The highest BCUT2D eigenvalue weighted by atomic mass is 19.1. The molecule has 1 amide bonds. The summed E-state index contributed by atoms with van der Waals surface area (Å²) in [6.07, 6.45) is 0. The minimum Gasteiger partial charge on any atom is -0.381 e. The van der Waals surface area contributed by atoms with Crippen molar-refractivity contribution in [3.63, 3.8) is 0 Å². The summed E-state index contributed by atoms with van der Waals surface area (Å²) >= 11 is 0. The first-order valence-electron chi connectivity index (χ1n) is 4.27. The summed E-state index contributed by atoms with van der Waals surface area (Å²) in [6.45, 7) is 0.308. The summed E-state index contributed by atoms with van der Waals surface area (Å²) in [5.74, 6) is -0.834. The van der Waals surface area contributed by atoms with Gasteiger partial charge in [-0.2, -0.15) is 0 Å². The zero-order valence-electron chi connectivity index (χ0n) is 7.38. The van der Waals surface area contributed by atoms with Crippen molar-refractivity contribution in [3.8, 4) is 0 Å². The molecule has 14 heavy (non-hydrogen) atoms. The predicted octanol–water partition coefficient (Wildman–Crippen LogP) is 0.517. The first kappa shape index (κ1) is 8.96. The second-order valence-electron chi connectivity index (χ2n) is 3.14. The monoisotopic (exact) mass is 195 g/mol. The van der Waals surface area contributed by atoms with E-state index in [0.717, 1.165) is 0 Å². The van der Waals surface area contributed by atoms with Gasteiger partial charge >= 0.3 is 0 Å². The van der Waals surface area contributed by atoms with Gasteiger partial charge in [-0.1, -0.05) is 6.07 Å². The molecule has 1 unspecified atom stereocenters. The molecule has 0 bridgehead atoms. The maximum Gasteiger partial charge on any atom is 0.243 e. The first-order chi connectivity index (χ1) is 6.68. The van der Waals surface area contributed by atoms with Gasteiger partial charge in [0.05, 0.1) is 5.69 Å². The van der Waals surface area contributed by atoms with E-state index in [1.54, 1.807) is 12.1 Å². The number of carbonyl (C=O) groups excluding carboxylic acids is 1. The maximum absolute atomic E-state index is 13.3. The number of carbonyl (C=O) groups is 1. The Bertz CT molecular complexity index is 380. The van der Waals surface area contributed by atoms with E-state index in [1.807, 2.05) is 0 Å². The second-order valence-corrected chi connectivity index (χ2v) is 3.14. The molecule has 74 valence electrons. The van der Waals surface area contributed by atoms with Crippen LogP contribution in [0.1, 0.15) is 0 Å². The zero-order valence-corrected chi connectivity index (χ0v) is 7.38. The van der Waals surface area contributed by atoms with E-state index in [-0.39, 0.29) is 11.6 Å². The fourth-order valence-corrected chi connectivity index (χ4v) is 1.33. The fraction of sp³-hybridized carbons (Fsp3) is 0.222. The van der Waals surface area contributed by atoms with E-state index in [9.17, 15) is 9.18 Å². The van der Waals surface area contributed by atoms with Crippen LogP contribution in [0.25, 0.3) is 0 Å². The highest BCUT2D eigenvalue weighted by Gasteiger charge is 2.21. The van der Waals surface area contributed by atoms with E-state index in [4.69, 9.17) is 5.73 Å². The Morgan fingerprint density at radius 3 is 3.07 bits per heavy atom. The van der Waals surface area contributed by atoms with Crippen molar-refractivity contribution < 1.29 is 9.18 Å². The van der Waals surface area contributed by atoms with Gasteiger partial charge in [0.25, 0.3) is 0 Å². The molecule has 0 saturated heterocycles. The van der Waals surface area contributed by atoms with Gasteiger partial charge in [-0.15, -0.1) is 0 Å². The summed E-state index contributed by atoms with van der Waals surface area (Å²) in [7, 11) is 0. The topological polar surface area (TPSA) is 67.2 Å². The molecule has 1 heterocycles. The molecule has 1 atom stereocenters. The van der Waals surface area contributed by atoms with Gasteiger partial charge in [-0.25, -0.2) is 4.39 Å². The third-order valence-corrected chi connectivity index (χ3v) is 2.11. The summed E-state index contributed by atoms with van der Waals surface area (Å²) in [5.41, 5.74) is 6.24. The van der Waals surface area contributed by atoms with Crippen molar-refractivity contribution >= 4 is 17.3 Å².